The van der Waals surface area contributed by atoms with Crippen molar-refractivity contribution >= 4 is 54.3 Å². The van der Waals surface area contributed by atoms with E-state index in [1.807, 2.05) is 60.7 Å². The minimum Gasteiger partial charge on any atom is -0.456 e. The monoisotopic (exact) mass is 625 g/mol. The van der Waals surface area contributed by atoms with Gasteiger partial charge in [-0.2, -0.15) is 0 Å². The first kappa shape index (κ1) is 27.5. The van der Waals surface area contributed by atoms with Crippen molar-refractivity contribution in [2.75, 3.05) is 0 Å². The van der Waals surface area contributed by atoms with E-state index in [9.17, 15) is 0 Å². The van der Waals surface area contributed by atoms with Gasteiger partial charge in [0.1, 0.15) is 11.2 Å². The number of hydrogen-bond donors (Lipinski definition) is 0. The molecule has 0 saturated carbocycles. The van der Waals surface area contributed by atoms with Crippen molar-refractivity contribution in [3.05, 3.63) is 164 Å². The molecular formula is C45H27N3O. The van der Waals surface area contributed by atoms with Crippen molar-refractivity contribution in [2.24, 2.45) is 0 Å². The van der Waals surface area contributed by atoms with E-state index >= 15 is 0 Å². The Kier molecular flexibility index (Phi) is 6.15. The lowest BCUT2D eigenvalue weighted by Crippen LogP contribution is -2.01. The minimum absolute atomic E-state index is 0.603. The third kappa shape index (κ3) is 4.42. The van der Waals surface area contributed by atoms with Crippen LogP contribution in [0.15, 0.2) is 168 Å². The maximum absolute atomic E-state index is 6.25. The summed E-state index contributed by atoms with van der Waals surface area (Å²) in [6, 6.07) is 56.9. The molecule has 49 heavy (non-hydrogen) atoms. The highest BCUT2D eigenvalue weighted by molar-refractivity contribution is 6.22. The number of benzene rings is 8. The Bertz CT molecular complexity index is 2890. The molecule has 0 radical (unpaired) electrons. The van der Waals surface area contributed by atoms with E-state index in [1.165, 1.54) is 32.3 Å². The first-order valence-electron chi connectivity index (χ1n) is 16.5. The Morgan fingerprint density at radius 1 is 0.306 bits per heavy atom. The predicted molar refractivity (Wildman–Crippen MR) is 201 cm³/mol. The van der Waals surface area contributed by atoms with E-state index in [-0.39, 0.29) is 0 Å². The molecule has 0 aliphatic heterocycles. The summed E-state index contributed by atoms with van der Waals surface area (Å²) < 4.78 is 6.25. The number of para-hydroxylation sites is 1. The zero-order valence-electron chi connectivity index (χ0n) is 26.3. The minimum atomic E-state index is 0.603. The fourth-order valence-corrected chi connectivity index (χ4v) is 7.31. The second kappa shape index (κ2) is 11.0. The molecule has 10 rings (SSSR count). The molecule has 0 bridgehead atoms. The van der Waals surface area contributed by atoms with Crippen LogP contribution in [0.3, 0.4) is 0 Å². The largest absolute Gasteiger partial charge is 0.456 e. The summed E-state index contributed by atoms with van der Waals surface area (Å²) in [5.41, 5.74) is 6.62. The van der Waals surface area contributed by atoms with Gasteiger partial charge in [0, 0.05) is 27.5 Å². The van der Waals surface area contributed by atoms with Gasteiger partial charge in [0.05, 0.1) is 0 Å². The van der Waals surface area contributed by atoms with Crippen molar-refractivity contribution in [3.8, 4) is 45.3 Å². The number of hydrogen-bond acceptors (Lipinski definition) is 4. The predicted octanol–water partition coefficient (Wildman–Crippen LogP) is 11.9. The first-order valence-corrected chi connectivity index (χ1v) is 16.5. The molecule has 10 aromatic rings. The van der Waals surface area contributed by atoms with Crippen LogP contribution in [-0.2, 0) is 0 Å². The number of furan rings is 1. The first-order chi connectivity index (χ1) is 24.3. The van der Waals surface area contributed by atoms with E-state index in [1.54, 1.807) is 0 Å². The van der Waals surface area contributed by atoms with Gasteiger partial charge in [-0.25, -0.2) is 15.0 Å². The average molecular weight is 626 g/mol. The molecular weight excluding hydrogens is 599 g/mol. The van der Waals surface area contributed by atoms with Crippen LogP contribution in [0.1, 0.15) is 0 Å². The smallest absolute Gasteiger partial charge is 0.164 e. The molecule has 0 saturated heterocycles. The van der Waals surface area contributed by atoms with E-state index in [0.29, 0.717) is 17.5 Å². The molecule has 8 aromatic carbocycles. The van der Waals surface area contributed by atoms with E-state index in [4.69, 9.17) is 19.4 Å². The maximum atomic E-state index is 6.25. The quantitative estimate of drug-likeness (QED) is 0.183. The van der Waals surface area contributed by atoms with E-state index < -0.39 is 0 Å². The highest BCUT2D eigenvalue weighted by atomic mass is 16.3. The lowest BCUT2D eigenvalue weighted by atomic mass is 9.90. The normalized spacial score (nSPS) is 11.7. The van der Waals surface area contributed by atoms with Gasteiger partial charge in [-0.1, -0.05) is 152 Å². The summed E-state index contributed by atoms with van der Waals surface area (Å²) in [5.74, 6) is 1.84. The molecule has 4 heteroatoms. The SMILES string of the molecule is c1ccc(-c2nc(-c3ccccc3-c3cccc4c3ccc3ccc5ccccc5c34)nc(-c3cccc4oc5ccccc5c34)n2)cc1. The Hall–Kier alpha value is -6.65. The van der Waals surface area contributed by atoms with Gasteiger partial charge in [-0.3, -0.25) is 0 Å². The van der Waals surface area contributed by atoms with Gasteiger partial charge in [-0.15, -0.1) is 0 Å². The van der Waals surface area contributed by atoms with Gasteiger partial charge in [0.2, 0.25) is 0 Å². The van der Waals surface area contributed by atoms with Crippen molar-refractivity contribution in [3.63, 3.8) is 0 Å². The third-order valence-electron chi connectivity index (χ3n) is 9.54. The van der Waals surface area contributed by atoms with Gasteiger partial charge in [0.15, 0.2) is 17.5 Å². The van der Waals surface area contributed by atoms with Gasteiger partial charge in [0.25, 0.3) is 0 Å². The number of nitrogens with zero attached hydrogens (tertiary/aromatic N) is 3. The number of fused-ring (bicyclic) bond motifs is 8. The van der Waals surface area contributed by atoms with Gasteiger partial charge >= 0.3 is 0 Å². The van der Waals surface area contributed by atoms with Crippen LogP contribution >= 0.6 is 0 Å². The second-order valence-electron chi connectivity index (χ2n) is 12.3. The maximum Gasteiger partial charge on any atom is 0.164 e. The molecule has 4 nitrogen and oxygen atoms in total. The molecule has 0 spiro atoms. The zero-order chi connectivity index (χ0) is 32.3. The lowest BCUT2D eigenvalue weighted by molar-refractivity contribution is 0.669. The summed E-state index contributed by atoms with van der Waals surface area (Å²) in [6.07, 6.45) is 0. The summed E-state index contributed by atoms with van der Waals surface area (Å²) in [7, 11) is 0. The molecule has 0 atom stereocenters. The van der Waals surface area contributed by atoms with Gasteiger partial charge < -0.3 is 4.42 Å². The third-order valence-corrected chi connectivity index (χ3v) is 9.54. The molecule has 228 valence electrons. The van der Waals surface area contributed by atoms with Crippen molar-refractivity contribution < 1.29 is 4.42 Å². The summed E-state index contributed by atoms with van der Waals surface area (Å²) in [4.78, 5) is 15.5. The molecule has 0 aliphatic carbocycles. The zero-order valence-corrected chi connectivity index (χ0v) is 26.3. The summed E-state index contributed by atoms with van der Waals surface area (Å²) in [5, 5.41) is 9.43. The van der Waals surface area contributed by atoms with Crippen LogP contribution in [0.2, 0.25) is 0 Å². The van der Waals surface area contributed by atoms with E-state index in [0.717, 1.165) is 49.8 Å². The summed E-state index contributed by atoms with van der Waals surface area (Å²) >= 11 is 0. The highest BCUT2D eigenvalue weighted by Gasteiger charge is 2.20. The topological polar surface area (TPSA) is 51.8 Å². The molecule has 0 amide bonds. The van der Waals surface area contributed by atoms with Crippen molar-refractivity contribution in [2.45, 2.75) is 0 Å². The Morgan fingerprint density at radius 2 is 0.898 bits per heavy atom. The Balaban J connectivity index is 1.23. The summed E-state index contributed by atoms with van der Waals surface area (Å²) in [6.45, 7) is 0. The highest BCUT2D eigenvalue weighted by Crippen LogP contribution is 2.41. The average Bonchev–Trinajstić information content (AvgIpc) is 3.56. The Morgan fingerprint density at radius 3 is 1.80 bits per heavy atom. The van der Waals surface area contributed by atoms with Crippen LogP contribution < -0.4 is 0 Å². The van der Waals surface area contributed by atoms with Crippen molar-refractivity contribution in [1.29, 1.82) is 0 Å². The van der Waals surface area contributed by atoms with Crippen LogP contribution in [0, 0.1) is 0 Å². The standard InChI is InChI=1S/C45H27N3O/c1-2-13-30(14-3-1)43-46-44(48-45(47-43)38-21-11-23-40-42(38)37-18-8-9-22-39(37)49-40)36-17-7-6-16-33(36)32-19-10-20-35-34(32)27-26-29-25-24-28-12-4-5-15-31(28)41(29)35/h1-27H. The fourth-order valence-electron chi connectivity index (χ4n) is 7.31. The molecule has 2 heterocycles. The molecule has 0 unspecified atom stereocenters. The van der Waals surface area contributed by atoms with Gasteiger partial charge in [-0.05, 0) is 55.6 Å². The molecule has 0 N–H and O–H groups in total. The van der Waals surface area contributed by atoms with Crippen LogP contribution in [-0.4, -0.2) is 15.0 Å². The van der Waals surface area contributed by atoms with Crippen LogP contribution in [0.5, 0.6) is 0 Å². The second-order valence-corrected chi connectivity index (χ2v) is 12.3. The van der Waals surface area contributed by atoms with E-state index in [2.05, 4.69) is 103 Å². The lowest BCUT2D eigenvalue weighted by Gasteiger charge is -2.15. The molecule has 0 aliphatic rings. The van der Waals surface area contributed by atoms with Crippen LogP contribution in [0.4, 0.5) is 0 Å². The van der Waals surface area contributed by atoms with Crippen LogP contribution in [0.25, 0.3) is 99.5 Å². The molecule has 0 fully saturated rings. The number of aromatic nitrogens is 3. The Labute approximate surface area is 282 Å². The van der Waals surface area contributed by atoms with Crippen molar-refractivity contribution in [1.82, 2.24) is 15.0 Å². The fraction of sp³-hybridized carbons (Fsp3) is 0. The number of rotatable bonds is 4. The molecule has 2 aromatic heterocycles.